The summed E-state index contributed by atoms with van der Waals surface area (Å²) in [5.41, 5.74) is 0.668. The van der Waals surface area contributed by atoms with Gasteiger partial charge in [0, 0.05) is 25.0 Å². The number of hydrogen-bond acceptors (Lipinski definition) is 5. The zero-order chi connectivity index (χ0) is 21.5. The van der Waals surface area contributed by atoms with Crippen LogP contribution in [0.15, 0.2) is 29.2 Å². The van der Waals surface area contributed by atoms with Crippen molar-refractivity contribution in [2.45, 2.75) is 24.8 Å². The second-order valence-corrected chi connectivity index (χ2v) is 9.53. The highest BCUT2D eigenvalue weighted by Gasteiger charge is 2.38. The number of halogens is 3. The van der Waals surface area contributed by atoms with E-state index in [2.05, 4.69) is 14.6 Å². The van der Waals surface area contributed by atoms with E-state index in [-0.39, 0.29) is 22.4 Å². The molecular weight excluding hydrogens is 422 g/mol. The third-order valence-corrected chi connectivity index (χ3v) is 6.94. The third kappa shape index (κ3) is 4.31. The van der Waals surface area contributed by atoms with Gasteiger partial charge in [-0.2, -0.15) is 4.39 Å². The van der Waals surface area contributed by atoms with Crippen molar-refractivity contribution in [3.05, 3.63) is 46.6 Å². The molecule has 0 amide bonds. The highest BCUT2D eigenvalue weighted by atomic mass is 35.5. The highest BCUT2D eigenvalue weighted by Crippen LogP contribution is 2.40. The van der Waals surface area contributed by atoms with Crippen LogP contribution in [0.4, 0.5) is 20.3 Å². The number of sulfonamides is 1. The van der Waals surface area contributed by atoms with Crippen LogP contribution in [0.2, 0.25) is 5.02 Å². The van der Waals surface area contributed by atoms with Crippen LogP contribution in [-0.4, -0.2) is 51.5 Å². The highest BCUT2D eigenvalue weighted by molar-refractivity contribution is 7.92. The summed E-state index contributed by atoms with van der Waals surface area (Å²) in [5, 5.41) is -0.252. The molecular formula is C19H23ClF2N4O2S. The van der Waals surface area contributed by atoms with Crippen molar-refractivity contribution in [1.29, 1.82) is 0 Å². The first-order valence-electron chi connectivity index (χ1n) is 9.06. The van der Waals surface area contributed by atoms with E-state index in [1.165, 1.54) is 19.1 Å². The SMILES string of the molecule is Cc1cc(N2C[C@H](CN(C)C)[C@H]2C)c(Cl)c(F)c1S(=O)(=O)Nc1cccc(F)n1. The zero-order valence-electron chi connectivity index (χ0n) is 16.6. The Labute approximate surface area is 174 Å². The van der Waals surface area contributed by atoms with Gasteiger partial charge in [-0.15, -0.1) is 0 Å². The number of hydrogen-bond donors (Lipinski definition) is 1. The van der Waals surface area contributed by atoms with Crippen molar-refractivity contribution in [3.63, 3.8) is 0 Å². The molecule has 2 heterocycles. The van der Waals surface area contributed by atoms with E-state index in [1.54, 1.807) is 6.07 Å². The first-order chi connectivity index (χ1) is 13.5. The molecule has 1 saturated heterocycles. The van der Waals surface area contributed by atoms with Crippen molar-refractivity contribution in [1.82, 2.24) is 9.88 Å². The maximum Gasteiger partial charge on any atom is 0.266 e. The van der Waals surface area contributed by atoms with Gasteiger partial charge in [-0.1, -0.05) is 17.7 Å². The lowest BCUT2D eigenvalue weighted by Crippen LogP contribution is -2.58. The van der Waals surface area contributed by atoms with Gasteiger partial charge in [0.1, 0.15) is 15.7 Å². The van der Waals surface area contributed by atoms with Gasteiger partial charge in [0.05, 0.1) is 5.69 Å². The number of benzene rings is 1. The van der Waals surface area contributed by atoms with Gasteiger partial charge in [0.25, 0.3) is 10.0 Å². The first-order valence-corrected chi connectivity index (χ1v) is 10.9. The van der Waals surface area contributed by atoms with Crippen molar-refractivity contribution >= 4 is 33.1 Å². The van der Waals surface area contributed by atoms with Crippen LogP contribution in [0.25, 0.3) is 0 Å². The number of nitrogens with one attached hydrogen (secondary N) is 1. The number of rotatable bonds is 6. The monoisotopic (exact) mass is 444 g/mol. The van der Waals surface area contributed by atoms with Gasteiger partial charge in [0.15, 0.2) is 5.82 Å². The fraction of sp³-hybridized carbons (Fsp3) is 0.421. The molecule has 0 unspecified atom stereocenters. The molecule has 0 aliphatic carbocycles. The molecule has 1 aliphatic heterocycles. The molecule has 6 nitrogen and oxygen atoms in total. The topological polar surface area (TPSA) is 65.5 Å². The summed E-state index contributed by atoms with van der Waals surface area (Å²) in [4.78, 5) is 6.93. The lowest BCUT2D eigenvalue weighted by Gasteiger charge is -2.49. The summed E-state index contributed by atoms with van der Waals surface area (Å²) in [6.07, 6.45) is 0. The Bertz CT molecular complexity index is 1030. The summed E-state index contributed by atoms with van der Waals surface area (Å²) in [5.74, 6) is -1.72. The summed E-state index contributed by atoms with van der Waals surface area (Å²) >= 11 is 6.24. The molecule has 0 saturated carbocycles. The van der Waals surface area contributed by atoms with E-state index in [0.717, 1.165) is 12.6 Å². The summed E-state index contributed by atoms with van der Waals surface area (Å²) in [7, 11) is -0.364. The Morgan fingerprint density at radius 1 is 1.34 bits per heavy atom. The fourth-order valence-electron chi connectivity index (χ4n) is 3.60. The van der Waals surface area contributed by atoms with Gasteiger partial charge in [-0.25, -0.2) is 17.8 Å². The predicted molar refractivity (Wildman–Crippen MR) is 110 cm³/mol. The first kappa shape index (κ1) is 21.7. The smallest absolute Gasteiger partial charge is 0.266 e. The van der Waals surface area contributed by atoms with E-state index in [0.29, 0.717) is 18.2 Å². The Kier molecular flexibility index (Phi) is 6.03. The Balaban J connectivity index is 1.92. The third-order valence-electron chi connectivity index (χ3n) is 5.07. The van der Waals surface area contributed by atoms with Crippen molar-refractivity contribution < 1.29 is 17.2 Å². The average Bonchev–Trinajstić information content (AvgIpc) is 2.60. The Morgan fingerprint density at radius 3 is 2.62 bits per heavy atom. The largest absolute Gasteiger partial charge is 0.367 e. The maximum atomic E-state index is 15.1. The van der Waals surface area contributed by atoms with E-state index < -0.39 is 26.7 Å². The van der Waals surface area contributed by atoms with Crippen LogP contribution in [-0.2, 0) is 10.0 Å². The van der Waals surface area contributed by atoms with Gasteiger partial charge < -0.3 is 9.80 Å². The second-order valence-electron chi connectivity index (χ2n) is 7.54. The molecule has 0 spiro atoms. The minimum Gasteiger partial charge on any atom is -0.367 e. The van der Waals surface area contributed by atoms with Crippen molar-refractivity contribution in [2.24, 2.45) is 5.92 Å². The molecule has 0 radical (unpaired) electrons. The summed E-state index contributed by atoms with van der Waals surface area (Å²) in [6, 6.07) is 5.37. The molecule has 3 rings (SSSR count). The fourth-order valence-corrected chi connectivity index (χ4v) is 5.22. The van der Waals surface area contributed by atoms with Gasteiger partial charge >= 0.3 is 0 Å². The molecule has 1 fully saturated rings. The van der Waals surface area contributed by atoms with E-state index >= 15 is 4.39 Å². The number of aromatic nitrogens is 1. The normalized spacial score (nSPS) is 19.4. The molecule has 158 valence electrons. The average molecular weight is 445 g/mol. The van der Waals surface area contributed by atoms with Gasteiger partial charge in [-0.3, -0.25) is 4.72 Å². The van der Waals surface area contributed by atoms with Crippen LogP contribution >= 0.6 is 11.6 Å². The van der Waals surface area contributed by atoms with E-state index in [1.807, 2.05) is 25.9 Å². The molecule has 2 atom stereocenters. The number of pyridine rings is 1. The standard InChI is InChI=1S/C19H23ClF2N4O2S/c1-11-8-14(26-10-13(12(26)2)9-25(3)4)17(20)18(22)19(11)29(27,28)24-16-7-5-6-15(21)23-16/h5-8,12-13H,9-10H2,1-4H3,(H,23,24)/t12-,13+/m1/s1. The van der Waals surface area contributed by atoms with Crippen molar-refractivity contribution in [2.75, 3.05) is 36.8 Å². The van der Waals surface area contributed by atoms with Gasteiger partial charge in [0.2, 0.25) is 5.95 Å². The van der Waals surface area contributed by atoms with Crippen LogP contribution < -0.4 is 9.62 Å². The molecule has 2 aromatic rings. The molecule has 1 aliphatic rings. The van der Waals surface area contributed by atoms with E-state index in [9.17, 15) is 12.8 Å². The molecule has 1 aromatic carbocycles. The molecule has 0 bridgehead atoms. The van der Waals surface area contributed by atoms with Gasteiger partial charge in [-0.05, 0) is 51.7 Å². The molecule has 29 heavy (non-hydrogen) atoms. The maximum absolute atomic E-state index is 15.1. The van der Waals surface area contributed by atoms with E-state index in [4.69, 9.17) is 11.6 Å². The molecule has 1 aromatic heterocycles. The Morgan fingerprint density at radius 2 is 2.03 bits per heavy atom. The minimum absolute atomic E-state index is 0.144. The van der Waals surface area contributed by atoms with Crippen LogP contribution in [0.3, 0.4) is 0 Å². The quantitative estimate of drug-likeness (QED) is 0.691. The lowest BCUT2D eigenvalue weighted by atomic mass is 9.88. The van der Waals surface area contributed by atoms with Crippen molar-refractivity contribution in [3.8, 4) is 0 Å². The predicted octanol–water partition coefficient (Wildman–Crippen LogP) is 3.51. The zero-order valence-corrected chi connectivity index (χ0v) is 18.2. The van der Waals surface area contributed by atoms with Crippen LogP contribution in [0, 0.1) is 24.6 Å². The number of anilines is 2. The number of aryl methyl sites for hydroxylation is 1. The molecule has 1 N–H and O–H groups in total. The minimum atomic E-state index is -4.35. The second kappa shape index (κ2) is 8.04. The summed E-state index contributed by atoms with van der Waals surface area (Å²) < 4.78 is 55.9. The van der Waals surface area contributed by atoms with Crippen LogP contribution in [0.5, 0.6) is 0 Å². The number of nitrogens with zero attached hydrogens (tertiary/aromatic N) is 3. The molecule has 10 heteroatoms. The lowest BCUT2D eigenvalue weighted by molar-refractivity contribution is 0.231. The Hall–Kier alpha value is -1.97. The summed E-state index contributed by atoms with van der Waals surface area (Å²) in [6.45, 7) is 5.13. The van der Waals surface area contributed by atoms with Crippen LogP contribution in [0.1, 0.15) is 12.5 Å².